The van der Waals surface area contributed by atoms with Gasteiger partial charge < -0.3 is 0 Å². The van der Waals surface area contributed by atoms with Gasteiger partial charge in [0.05, 0.1) is 5.56 Å². The van der Waals surface area contributed by atoms with E-state index in [2.05, 4.69) is 24.7 Å². The first-order chi connectivity index (χ1) is 9.10. The summed E-state index contributed by atoms with van der Waals surface area (Å²) in [7, 11) is 0. The third-order valence-electron chi connectivity index (χ3n) is 2.98. The first kappa shape index (κ1) is 12.9. The summed E-state index contributed by atoms with van der Waals surface area (Å²) in [4.78, 5) is 0. The van der Waals surface area contributed by atoms with Gasteiger partial charge >= 0.3 is 0 Å². The largest absolute Gasteiger partial charge is 0.206 e. The highest BCUT2D eigenvalue weighted by Crippen LogP contribution is 2.10. The van der Waals surface area contributed by atoms with Crippen LogP contribution in [-0.4, -0.2) is 0 Å². The predicted octanol–water partition coefficient (Wildman–Crippen LogP) is 3.82. The lowest BCUT2D eigenvalue weighted by molar-refractivity contribution is 0.624. The molecule has 0 saturated heterocycles. The average molecular weight is 248 g/mol. The third-order valence-corrected chi connectivity index (χ3v) is 2.98. The summed E-state index contributed by atoms with van der Waals surface area (Å²) in [6, 6.07) is 10.7. The van der Waals surface area contributed by atoms with E-state index < -0.39 is 5.82 Å². The summed E-state index contributed by atoms with van der Waals surface area (Å²) in [6.45, 7) is 4.10. The Bertz CT molecular complexity index is 722. The Morgan fingerprint density at radius 3 is 2.11 bits per heavy atom. The summed E-state index contributed by atoms with van der Waals surface area (Å²) >= 11 is 0. The van der Waals surface area contributed by atoms with Crippen molar-refractivity contribution in [3.8, 4) is 24.2 Å². The van der Waals surface area contributed by atoms with Crippen molar-refractivity contribution in [3.05, 3.63) is 70.0 Å². The first-order valence-corrected chi connectivity index (χ1v) is 5.95. The van der Waals surface area contributed by atoms with Crippen LogP contribution in [-0.2, 0) is 0 Å². The summed E-state index contributed by atoms with van der Waals surface area (Å²) in [5.41, 5.74) is 4.23. The number of benzene rings is 2. The van der Waals surface area contributed by atoms with Crippen LogP contribution in [0.15, 0.2) is 36.4 Å². The van der Waals surface area contributed by atoms with Crippen molar-refractivity contribution in [1.82, 2.24) is 0 Å². The summed E-state index contributed by atoms with van der Waals surface area (Å²) in [6.07, 6.45) is 5.17. The molecule has 0 fully saturated rings. The molecule has 0 amide bonds. The van der Waals surface area contributed by atoms with E-state index in [9.17, 15) is 4.39 Å². The molecule has 19 heavy (non-hydrogen) atoms. The van der Waals surface area contributed by atoms with Gasteiger partial charge in [-0.15, -0.1) is 6.42 Å². The molecule has 0 aliphatic carbocycles. The topological polar surface area (TPSA) is 0 Å². The van der Waals surface area contributed by atoms with Crippen LogP contribution in [0.1, 0.15) is 27.8 Å². The normalized spacial score (nSPS) is 9.37. The van der Waals surface area contributed by atoms with E-state index in [0.717, 1.165) is 5.56 Å². The maximum Gasteiger partial charge on any atom is 0.140 e. The molecule has 2 rings (SSSR count). The zero-order chi connectivity index (χ0) is 13.8. The number of hydrogen-bond donors (Lipinski definition) is 0. The Morgan fingerprint density at radius 2 is 1.53 bits per heavy atom. The van der Waals surface area contributed by atoms with Crippen LogP contribution in [0.2, 0.25) is 0 Å². The molecule has 0 aliphatic heterocycles. The van der Waals surface area contributed by atoms with Gasteiger partial charge in [-0.05, 0) is 55.3 Å². The van der Waals surface area contributed by atoms with E-state index in [1.807, 2.05) is 25.1 Å². The molecule has 0 atom stereocenters. The van der Waals surface area contributed by atoms with Gasteiger partial charge in [0.25, 0.3) is 0 Å². The van der Waals surface area contributed by atoms with Gasteiger partial charge in [0.1, 0.15) is 5.82 Å². The lowest BCUT2D eigenvalue weighted by atomic mass is 10.1. The van der Waals surface area contributed by atoms with Crippen LogP contribution in [0.3, 0.4) is 0 Å². The molecule has 0 heterocycles. The Kier molecular flexibility index (Phi) is 3.69. The zero-order valence-corrected chi connectivity index (χ0v) is 10.9. The summed E-state index contributed by atoms with van der Waals surface area (Å²) in [5.74, 6) is 7.85. The van der Waals surface area contributed by atoms with E-state index in [1.54, 1.807) is 12.1 Å². The molecule has 0 N–H and O–H groups in total. The fraction of sp³-hybridized carbons (Fsp3) is 0.111. The number of rotatable bonds is 0. The van der Waals surface area contributed by atoms with Crippen LogP contribution in [0.25, 0.3) is 0 Å². The molecule has 2 aromatic carbocycles. The number of terminal acetylenes is 1. The van der Waals surface area contributed by atoms with Gasteiger partial charge in [-0.25, -0.2) is 4.39 Å². The molecule has 0 nitrogen and oxygen atoms in total. The third kappa shape index (κ3) is 3.03. The van der Waals surface area contributed by atoms with Gasteiger partial charge in [-0.3, -0.25) is 0 Å². The Balaban J connectivity index is 2.31. The molecule has 0 radical (unpaired) electrons. The Labute approximate surface area is 113 Å². The van der Waals surface area contributed by atoms with E-state index in [0.29, 0.717) is 5.56 Å². The molecule has 0 spiro atoms. The smallest absolute Gasteiger partial charge is 0.140 e. The molecule has 0 saturated carbocycles. The number of halogens is 1. The van der Waals surface area contributed by atoms with Crippen LogP contribution in [0.4, 0.5) is 4.39 Å². The fourth-order valence-electron chi connectivity index (χ4n) is 1.67. The Morgan fingerprint density at radius 1 is 0.895 bits per heavy atom. The van der Waals surface area contributed by atoms with Crippen LogP contribution >= 0.6 is 0 Å². The van der Waals surface area contributed by atoms with Crippen LogP contribution in [0.5, 0.6) is 0 Å². The molecule has 0 unspecified atom stereocenters. The number of hydrogen-bond acceptors (Lipinski definition) is 0. The standard InChI is InChI=1S/C18H13F/c1-4-17-10-9-16(12-18(17)19)8-7-15-6-5-13(2)14(3)11-15/h1,5-6,9-12H,2-3H3. The molecular formula is C18H13F. The minimum Gasteiger partial charge on any atom is -0.206 e. The van der Waals surface area contributed by atoms with Gasteiger partial charge in [0, 0.05) is 11.1 Å². The van der Waals surface area contributed by atoms with Crippen LogP contribution in [0, 0.1) is 43.8 Å². The van der Waals surface area contributed by atoms with E-state index in [-0.39, 0.29) is 5.56 Å². The second kappa shape index (κ2) is 5.42. The lowest BCUT2D eigenvalue weighted by Crippen LogP contribution is -1.85. The SMILES string of the molecule is C#Cc1ccc(C#Cc2ccc(C)c(C)c2)cc1F. The number of aryl methyl sites for hydroxylation is 2. The second-order valence-electron chi connectivity index (χ2n) is 4.39. The van der Waals surface area contributed by atoms with Gasteiger partial charge in [0.15, 0.2) is 0 Å². The van der Waals surface area contributed by atoms with Crippen molar-refractivity contribution in [2.75, 3.05) is 0 Å². The lowest BCUT2D eigenvalue weighted by Gasteiger charge is -1.99. The maximum absolute atomic E-state index is 13.5. The minimum absolute atomic E-state index is 0.261. The van der Waals surface area contributed by atoms with Crippen molar-refractivity contribution >= 4 is 0 Å². The molecule has 1 heteroatoms. The average Bonchev–Trinajstić information content (AvgIpc) is 2.40. The minimum atomic E-state index is -0.408. The Hall–Kier alpha value is -2.51. The molecule has 0 aliphatic rings. The molecule has 0 bridgehead atoms. The highest BCUT2D eigenvalue weighted by molar-refractivity contribution is 5.47. The van der Waals surface area contributed by atoms with Crippen molar-refractivity contribution in [2.24, 2.45) is 0 Å². The monoisotopic (exact) mass is 248 g/mol. The van der Waals surface area contributed by atoms with Crippen molar-refractivity contribution in [3.63, 3.8) is 0 Å². The maximum atomic E-state index is 13.5. The van der Waals surface area contributed by atoms with E-state index >= 15 is 0 Å². The van der Waals surface area contributed by atoms with E-state index in [4.69, 9.17) is 6.42 Å². The van der Waals surface area contributed by atoms with Gasteiger partial charge in [-0.2, -0.15) is 0 Å². The van der Waals surface area contributed by atoms with Gasteiger partial charge in [-0.1, -0.05) is 23.8 Å². The highest BCUT2D eigenvalue weighted by atomic mass is 19.1. The molecule has 92 valence electrons. The second-order valence-corrected chi connectivity index (χ2v) is 4.39. The predicted molar refractivity (Wildman–Crippen MR) is 76.2 cm³/mol. The molecule has 0 aromatic heterocycles. The zero-order valence-electron chi connectivity index (χ0n) is 10.9. The molecule has 2 aromatic rings. The highest BCUT2D eigenvalue weighted by Gasteiger charge is 1.99. The molecular weight excluding hydrogens is 235 g/mol. The van der Waals surface area contributed by atoms with Crippen LogP contribution < -0.4 is 0 Å². The van der Waals surface area contributed by atoms with Crippen molar-refractivity contribution in [1.29, 1.82) is 0 Å². The van der Waals surface area contributed by atoms with Crippen molar-refractivity contribution < 1.29 is 4.39 Å². The fourth-order valence-corrected chi connectivity index (χ4v) is 1.67. The quantitative estimate of drug-likeness (QED) is 0.622. The van der Waals surface area contributed by atoms with Gasteiger partial charge in [0.2, 0.25) is 0 Å². The van der Waals surface area contributed by atoms with Crippen molar-refractivity contribution in [2.45, 2.75) is 13.8 Å². The first-order valence-electron chi connectivity index (χ1n) is 5.95. The summed E-state index contributed by atoms with van der Waals surface area (Å²) < 4.78 is 13.5. The summed E-state index contributed by atoms with van der Waals surface area (Å²) in [5, 5.41) is 0. The van der Waals surface area contributed by atoms with E-state index in [1.165, 1.54) is 17.2 Å².